The number of terminal acetylenes is 1. The summed E-state index contributed by atoms with van der Waals surface area (Å²) < 4.78 is 37.7. The van der Waals surface area contributed by atoms with Crippen LogP contribution in [0.5, 0.6) is 0 Å². The van der Waals surface area contributed by atoms with Gasteiger partial charge in [0.05, 0.1) is 12.1 Å². The van der Waals surface area contributed by atoms with E-state index in [0.717, 1.165) is 12.1 Å². The molecule has 108 valence electrons. The van der Waals surface area contributed by atoms with Crippen LogP contribution >= 0.6 is 0 Å². The van der Waals surface area contributed by atoms with Crippen LogP contribution in [0.25, 0.3) is 0 Å². The first kappa shape index (κ1) is 15.9. The molecule has 1 aromatic rings. The van der Waals surface area contributed by atoms with E-state index in [4.69, 9.17) is 6.42 Å². The molecule has 0 saturated carbocycles. The Bertz CT molecular complexity index is 506. The topological polar surface area (TPSA) is 32.3 Å². The van der Waals surface area contributed by atoms with E-state index < -0.39 is 17.8 Å². The van der Waals surface area contributed by atoms with Crippen molar-refractivity contribution in [2.24, 2.45) is 0 Å². The average Bonchev–Trinajstić information content (AvgIpc) is 2.38. The molecule has 2 amide bonds. The second kappa shape index (κ2) is 6.85. The Hall–Kier alpha value is -2.16. The number of urea groups is 1. The van der Waals surface area contributed by atoms with Crippen LogP contribution in [0.2, 0.25) is 0 Å². The maximum Gasteiger partial charge on any atom is 0.416 e. The van der Waals surface area contributed by atoms with Crippen molar-refractivity contribution < 1.29 is 18.0 Å². The molecule has 1 N–H and O–H groups in total. The third kappa shape index (κ3) is 4.50. The fourth-order valence-electron chi connectivity index (χ4n) is 1.61. The Morgan fingerprint density at radius 3 is 2.70 bits per heavy atom. The first-order valence-corrected chi connectivity index (χ1v) is 6.05. The number of carbonyl (C=O) groups is 1. The zero-order valence-electron chi connectivity index (χ0n) is 11.0. The molecule has 3 nitrogen and oxygen atoms in total. The molecular weight excluding hydrogens is 269 g/mol. The number of rotatable bonds is 4. The molecule has 0 radical (unpaired) electrons. The summed E-state index contributed by atoms with van der Waals surface area (Å²) in [5.41, 5.74) is -0.725. The number of hydrogen-bond donors (Lipinski definition) is 1. The summed E-state index contributed by atoms with van der Waals surface area (Å²) in [6.07, 6.45) is 1.42. The van der Waals surface area contributed by atoms with Crippen LogP contribution in [-0.2, 0) is 6.18 Å². The fraction of sp³-hybridized carbons (Fsp3) is 0.357. The number of amides is 2. The molecule has 0 heterocycles. The summed E-state index contributed by atoms with van der Waals surface area (Å²) in [5.74, 6) is 2.34. The molecule has 0 aliphatic heterocycles. The van der Waals surface area contributed by atoms with Crippen LogP contribution in [0.1, 0.15) is 18.9 Å². The van der Waals surface area contributed by atoms with Gasteiger partial charge in [-0.25, -0.2) is 4.79 Å². The minimum absolute atomic E-state index is 0.0861. The van der Waals surface area contributed by atoms with Gasteiger partial charge in [0.1, 0.15) is 0 Å². The molecule has 0 aromatic heterocycles. The SMILES string of the molecule is C#CCN(CCC)C(=O)Nc1cccc(C(F)(F)F)c1. The monoisotopic (exact) mass is 284 g/mol. The highest BCUT2D eigenvalue weighted by molar-refractivity contribution is 5.89. The highest BCUT2D eigenvalue weighted by atomic mass is 19.4. The summed E-state index contributed by atoms with van der Waals surface area (Å²) >= 11 is 0. The van der Waals surface area contributed by atoms with Gasteiger partial charge in [-0.1, -0.05) is 18.9 Å². The van der Waals surface area contributed by atoms with Crippen LogP contribution in [-0.4, -0.2) is 24.0 Å². The standard InChI is InChI=1S/C14H15F3N2O/c1-3-8-19(9-4-2)13(20)18-12-7-5-6-11(10-12)14(15,16)17/h1,5-7,10H,4,8-9H2,2H3,(H,18,20). The van der Waals surface area contributed by atoms with Crippen molar-refractivity contribution in [1.29, 1.82) is 0 Å². The smallest absolute Gasteiger partial charge is 0.313 e. The van der Waals surface area contributed by atoms with Gasteiger partial charge in [0, 0.05) is 12.2 Å². The van der Waals surface area contributed by atoms with E-state index in [9.17, 15) is 18.0 Å². The zero-order valence-corrected chi connectivity index (χ0v) is 11.0. The summed E-state index contributed by atoms with van der Waals surface area (Å²) in [4.78, 5) is 13.3. The van der Waals surface area contributed by atoms with Gasteiger partial charge in [-0.15, -0.1) is 6.42 Å². The van der Waals surface area contributed by atoms with Crippen LogP contribution in [0.3, 0.4) is 0 Å². The lowest BCUT2D eigenvalue weighted by atomic mass is 10.2. The van der Waals surface area contributed by atoms with E-state index in [1.807, 2.05) is 6.92 Å². The summed E-state index contributed by atoms with van der Waals surface area (Å²) in [7, 11) is 0. The number of nitrogens with zero attached hydrogens (tertiary/aromatic N) is 1. The van der Waals surface area contributed by atoms with Gasteiger partial charge in [0.2, 0.25) is 0 Å². The number of hydrogen-bond acceptors (Lipinski definition) is 1. The molecule has 6 heteroatoms. The number of alkyl halides is 3. The number of carbonyl (C=O) groups excluding carboxylic acids is 1. The van der Waals surface area contributed by atoms with E-state index in [1.165, 1.54) is 17.0 Å². The number of benzene rings is 1. The molecule has 0 bridgehead atoms. The minimum Gasteiger partial charge on any atom is -0.313 e. The molecule has 20 heavy (non-hydrogen) atoms. The number of anilines is 1. The van der Waals surface area contributed by atoms with Crippen molar-refractivity contribution in [3.8, 4) is 12.3 Å². The van der Waals surface area contributed by atoms with Gasteiger partial charge in [0.25, 0.3) is 0 Å². The van der Waals surface area contributed by atoms with Crippen molar-refractivity contribution in [2.75, 3.05) is 18.4 Å². The molecule has 0 unspecified atom stereocenters. The van der Waals surface area contributed by atoms with E-state index in [1.54, 1.807) is 0 Å². The van der Waals surface area contributed by atoms with E-state index in [-0.39, 0.29) is 12.2 Å². The summed E-state index contributed by atoms with van der Waals surface area (Å²) in [6.45, 7) is 2.43. The van der Waals surface area contributed by atoms with Crippen molar-refractivity contribution in [1.82, 2.24) is 4.90 Å². The van der Waals surface area contributed by atoms with Gasteiger partial charge in [-0.05, 0) is 24.6 Å². The minimum atomic E-state index is -4.44. The van der Waals surface area contributed by atoms with Crippen LogP contribution < -0.4 is 5.32 Å². The van der Waals surface area contributed by atoms with Gasteiger partial charge >= 0.3 is 12.2 Å². The van der Waals surface area contributed by atoms with Gasteiger partial charge in [-0.3, -0.25) is 0 Å². The maximum atomic E-state index is 12.6. The molecule has 0 aliphatic rings. The van der Waals surface area contributed by atoms with E-state index in [0.29, 0.717) is 13.0 Å². The van der Waals surface area contributed by atoms with Crippen molar-refractivity contribution in [2.45, 2.75) is 19.5 Å². The Balaban J connectivity index is 2.82. The molecule has 1 rings (SSSR count). The number of nitrogens with one attached hydrogen (secondary N) is 1. The molecular formula is C14H15F3N2O. The molecule has 0 saturated heterocycles. The largest absolute Gasteiger partial charge is 0.416 e. The zero-order chi connectivity index (χ0) is 15.2. The van der Waals surface area contributed by atoms with Crippen LogP contribution in [0, 0.1) is 12.3 Å². The Kier molecular flexibility index (Phi) is 5.44. The van der Waals surface area contributed by atoms with Crippen molar-refractivity contribution in [3.05, 3.63) is 29.8 Å². The fourth-order valence-corrected chi connectivity index (χ4v) is 1.61. The van der Waals surface area contributed by atoms with E-state index >= 15 is 0 Å². The molecule has 0 fully saturated rings. The average molecular weight is 284 g/mol. The van der Waals surface area contributed by atoms with Crippen LogP contribution in [0.15, 0.2) is 24.3 Å². The summed E-state index contributed by atoms with van der Waals surface area (Å²) in [5, 5.41) is 2.42. The highest BCUT2D eigenvalue weighted by Crippen LogP contribution is 2.30. The lowest BCUT2D eigenvalue weighted by Crippen LogP contribution is -2.35. The van der Waals surface area contributed by atoms with Crippen LogP contribution in [0.4, 0.5) is 23.7 Å². The van der Waals surface area contributed by atoms with Gasteiger partial charge in [-0.2, -0.15) is 13.2 Å². The molecule has 0 aliphatic carbocycles. The normalized spacial score (nSPS) is 10.8. The molecule has 1 aromatic carbocycles. The Morgan fingerprint density at radius 1 is 1.45 bits per heavy atom. The van der Waals surface area contributed by atoms with Gasteiger partial charge < -0.3 is 10.2 Å². The Morgan fingerprint density at radius 2 is 2.15 bits per heavy atom. The first-order chi connectivity index (χ1) is 9.38. The lowest BCUT2D eigenvalue weighted by molar-refractivity contribution is -0.137. The lowest BCUT2D eigenvalue weighted by Gasteiger charge is -2.20. The third-order valence-corrected chi connectivity index (χ3v) is 2.50. The second-order valence-electron chi connectivity index (χ2n) is 4.13. The predicted molar refractivity (Wildman–Crippen MR) is 71.2 cm³/mol. The van der Waals surface area contributed by atoms with Crippen molar-refractivity contribution in [3.63, 3.8) is 0 Å². The van der Waals surface area contributed by atoms with Gasteiger partial charge in [0.15, 0.2) is 0 Å². The molecule has 0 atom stereocenters. The van der Waals surface area contributed by atoms with Crippen molar-refractivity contribution >= 4 is 11.7 Å². The molecule has 0 spiro atoms. The highest BCUT2D eigenvalue weighted by Gasteiger charge is 2.30. The third-order valence-electron chi connectivity index (χ3n) is 2.50. The first-order valence-electron chi connectivity index (χ1n) is 6.05. The Labute approximate surface area is 115 Å². The van der Waals surface area contributed by atoms with E-state index in [2.05, 4.69) is 11.2 Å². The predicted octanol–water partition coefficient (Wildman–Crippen LogP) is 3.58. The number of halogens is 3. The quantitative estimate of drug-likeness (QED) is 0.842. The second-order valence-corrected chi connectivity index (χ2v) is 4.13. The maximum absolute atomic E-state index is 12.6. The summed E-state index contributed by atoms with van der Waals surface area (Å²) in [6, 6.07) is 3.96.